The van der Waals surface area contributed by atoms with Gasteiger partial charge >= 0.3 is 23.9 Å². The molecule has 0 bridgehead atoms. The molecular formula is C20H24O11. The molecule has 1 aliphatic heterocycles. The summed E-state index contributed by atoms with van der Waals surface area (Å²) in [5.74, 6) is -2.58. The van der Waals surface area contributed by atoms with Gasteiger partial charge in [-0.3, -0.25) is 19.2 Å². The average molecular weight is 440 g/mol. The van der Waals surface area contributed by atoms with Crippen LogP contribution in [0.4, 0.5) is 0 Å². The minimum Gasteiger partial charge on any atom is -0.508 e. The summed E-state index contributed by atoms with van der Waals surface area (Å²) in [6.07, 6.45) is -6.34. The Kier molecular flexibility index (Phi) is 8.20. The van der Waals surface area contributed by atoms with Gasteiger partial charge in [-0.1, -0.05) is 0 Å². The van der Waals surface area contributed by atoms with E-state index in [0.29, 0.717) is 0 Å². The van der Waals surface area contributed by atoms with Crippen molar-refractivity contribution in [3.05, 3.63) is 24.3 Å². The van der Waals surface area contributed by atoms with Gasteiger partial charge in [0.1, 0.15) is 24.2 Å². The molecule has 11 nitrogen and oxygen atoms in total. The van der Waals surface area contributed by atoms with E-state index >= 15 is 0 Å². The lowest BCUT2D eigenvalue weighted by Crippen LogP contribution is -2.63. The van der Waals surface area contributed by atoms with Crippen molar-refractivity contribution in [3.63, 3.8) is 0 Å². The smallest absolute Gasteiger partial charge is 0.303 e. The van der Waals surface area contributed by atoms with Crippen molar-refractivity contribution in [3.8, 4) is 11.5 Å². The number of rotatable bonds is 7. The monoisotopic (exact) mass is 440 g/mol. The summed E-state index contributed by atoms with van der Waals surface area (Å²) in [6.45, 7) is 4.22. The van der Waals surface area contributed by atoms with Gasteiger partial charge in [0, 0.05) is 27.7 Å². The van der Waals surface area contributed by atoms with Crippen LogP contribution >= 0.6 is 0 Å². The van der Waals surface area contributed by atoms with Gasteiger partial charge in [-0.15, -0.1) is 0 Å². The normalized spacial score (nSPS) is 25.1. The van der Waals surface area contributed by atoms with Gasteiger partial charge < -0.3 is 33.5 Å². The first-order valence-electron chi connectivity index (χ1n) is 9.33. The number of aromatic hydroxyl groups is 1. The molecule has 1 heterocycles. The van der Waals surface area contributed by atoms with Gasteiger partial charge in [0.2, 0.25) is 12.4 Å². The summed E-state index contributed by atoms with van der Waals surface area (Å²) < 4.78 is 32.4. The zero-order valence-corrected chi connectivity index (χ0v) is 17.4. The molecule has 2 rings (SSSR count). The Morgan fingerprint density at radius 2 is 1.32 bits per heavy atom. The molecule has 1 unspecified atom stereocenters. The Labute approximate surface area is 178 Å². The lowest BCUT2D eigenvalue weighted by Gasteiger charge is -2.43. The zero-order valence-electron chi connectivity index (χ0n) is 17.4. The van der Waals surface area contributed by atoms with Gasteiger partial charge in [0.25, 0.3) is 0 Å². The summed E-state index contributed by atoms with van der Waals surface area (Å²) in [5.41, 5.74) is 0. The maximum absolute atomic E-state index is 11.8. The summed E-state index contributed by atoms with van der Waals surface area (Å²) in [6, 6.07) is 5.59. The molecular weight excluding hydrogens is 416 g/mol. The molecule has 0 spiro atoms. The van der Waals surface area contributed by atoms with Crippen molar-refractivity contribution in [1.82, 2.24) is 0 Å². The van der Waals surface area contributed by atoms with Crippen LogP contribution in [-0.2, 0) is 42.9 Å². The summed E-state index contributed by atoms with van der Waals surface area (Å²) in [5, 5.41) is 9.45. The summed E-state index contributed by atoms with van der Waals surface area (Å²) in [7, 11) is 0. The van der Waals surface area contributed by atoms with Crippen LogP contribution in [0.15, 0.2) is 24.3 Å². The number of benzene rings is 1. The summed E-state index contributed by atoms with van der Waals surface area (Å²) in [4.78, 5) is 46.4. The van der Waals surface area contributed by atoms with E-state index in [1.165, 1.54) is 31.2 Å². The number of phenols is 1. The molecule has 0 aromatic heterocycles. The molecule has 1 saturated heterocycles. The Hall–Kier alpha value is -3.34. The Balaban J connectivity index is 2.43. The molecule has 0 saturated carbocycles. The first-order valence-corrected chi connectivity index (χ1v) is 9.33. The van der Waals surface area contributed by atoms with E-state index in [-0.39, 0.29) is 18.1 Å². The highest BCUT2D eigenvalue weighted by Crippen LogP contribution is 2.31. The molecule has 0 amide bonds. The van der Waals surface area contributed by atoms with E-state index in [0.717, 1.165) is 20.8 Å². The lowest BCUT2D eigenvalue weighted by atomic mass is 9.98. The molecule has 1 aromatic rings. The maximum Gasteiger partial charge on any atom is 0.303 e. The van der Waals surface area contributed by atoms with Gasteiger partial charge in [-0.2, -0.15) is 0 Å². The van der Waals surface area contributed by atoms with Crippen molar-refractivity contribution in [2.45, 2.75) is 58.4 Å². The van der Waals surface area contributed by atoms with E-state index in [1.54, 1.807) is 0 Å². The van der Waals surface area contributed by atoms with Crippen LogP contribution < -0.4 is 4.74 Å². The highest BCUT2D eigenvalue weighted by molar-refractivity contribution is 5.68. The van der Waals surface area contributed by atoms with Crippen LogP contribution in [0.1, 0.15) is 27.7 Å². The van der Waals surface area contributed by atoms with Gasteiger partial charge in [0.05, 0.1) is 0 Å². The van der Waals surface area contributed by atoms with Crippen molar-refractivity contribution >= 4 is 23.9 Å². The van der Waals surface area contributed by atoms with Gasteiger partial charge in [-0.25, -0.2) is 0 Å². The van der Waals surface area contributed by atoms with Crippen LogP contribution in [0.2, 0.25) is 0 Å². The van der Waals surface area contributed by atoms with E-state index in [1.807, 2.05) is 0 Å². The van der Waals surface area contributed by atoms with Crippen LogP contribution in [0, 0.1) is 0 Å². The number of hydrogen-bond acceptors (Lipinski definition) is 11. The second-order valence-corrected chi connectivity index (χ2v) is 6.68. The molecule has 1 fully saturated rings. The number of carbonyl (C=O) groups excluding carboxylic acids is 4. The molecule has 1 aliphatic rings. The molecule has 5 atom stereocenters. The first kappa shape index (κ1) is 23.9. The summed E-state index contributed by atoms with van der Waals surface area (Å²) >= 11 is 0. The molecule has 1 N–H and O–H groups in total. The van der Waals surface area contributed by atoms with Crippen molar-refractivity contribution in [1.29, 1.82) is 0 Å². The van der Waals surface area contributed by atoms with E-state index in [9.17, 15) is 24.3 Å². The second-order valence-electron chi connectivity index (χ2n) is 6.68. The lowest BCUT2D eigenvalue weighted by molar-refractivity contribution is -0.288. The fourth-order valence-corrected chi connectivity index (χ4v) is 2.94. The predicted octanol–water partition coefficient (Wildman–Crippen LogP) is 0.854. The zero-order chi connectivity index (χ0) is 23.1. The minimum atomic E-state index is -1.33. The fourth-order valence-electron chi connectivity index (χ4n) is 2.94. The number of phenolic OH excluding ortho intramolecular Hbond substituents is 1. The largest absolute Gasteiger partial charge is 0.508 e. The van der Waals surface area contributed by atoms with Crippen LogP contribution in [0.3, 0.4) is 0 Å². The van der Waals surface area contributed by atoms with Gasteiger partial charge in [-0.05, 0) is 24.3 Å². The molecule has 31 heavy (non-hydrogen) atoms. The Morgan fingerprint density at radius 3 is 1.84 bits per heavy atom. The van der Waals surface area contributed by atoms with E-state index < -0.39 is 54.6 Å². The molecule has 170 valence electrons. The average Bonchev–Trinajstić information content (AvgIpc) is 2.65. The third kappa shape index (κ3) is 7.14. The molecule has 11 heteroatoms. The molecule has 0 radical (unpaired) electrons. The van der Waals surface area contributed by atoms with Gasteiger partial charge in [0.15, 0.2) is 12.2 Å². The number of hydrogen-bond donors (Lipinski definition) is 1. The highest BCUT2D eigenvalue weighted by atomic mass is 16.7. The van der Waals surface area contributed by atoms with Crippen molar-refractivity contribution in [2.75, 3.05) is 6.61 Å². The number of ether oxygens (including phenoxy) is 6. The van der Waals surface area contributed by atoms with E-state index in [4.69, 9.17) is 28.4 Å². The second kappa shape index (κ2) is 10.6. The number of esters is 4. The van der Waals surface area contributed by atoms with Crippen molar-refractivity contribution in [2.24, 2.45) is 0 Å². The SMILES string of the molecule is CC(=O)OC[C@H]1OC(Oc2ccc(O)cc2)[C@H](OC(C)=O)[C@@H](OC(C)=O)[C@@H]1OC(C)=O. The quantitative estimate of drug-likeness (QED) is 0.476. The van der Waals surface area contributed by atoms with Crippen molar-refractivity contribution < 1.29 is 52.7 Å². The molecule has 0 aliphatic carbocycles. The van der Waals surface area contributed by atoms with Crippen LogP contribution in [0.5, 0.6) is 11.5 Å². The maximum atomic E-state index is 11.8. The Bertz CT molecular complexity index is 804. The fraction of sp³-hybridized carbons (Fsp3) is 0.500. The van der Waals surface area contributed by atoms with Crippen LogP contribution in [-0.4, -0.2) is 66.3 Å². The van der Waals surface area contributed by atoms with Crippen LogP contribution in [0.25, 0.3) is 0 Å². The predicted molar refractivity (Wildman–Crippen MR) is 101 cm³/mol. The first-order chi connectivity index (χ1) is 14.6. The third-order valence-electron chi connectivity index (χ3n) is 4.04. The topological polar surface area (TPSA) is 144 Å². The molecule has 1 aromatic carbocycles. The van der Waals surface area contributed by atoms with E-state index in [2.05, 4.69) is 0 Å². The minimum absolute atomic E-state index is 0.00565. The third-order valence-corrected chi connectivity index (χ3v) is 4.04. The Morgan fingerprint density at radius 1 is 0.806 bits per heavy atom. The number of carbonyl (C=O) groups is 4. The highest BCUT2D eigenvalue weighted by Gasteiger charge is 2.53. The standard InChI is InChI=1S/C20H24O11/c1-10(21)26-9-16-17(27-11(2)22)18(28-12(3)23)19(29-13(4)24)20(31-16)30-15-7-5-14(25)6-8-15/h5-8,16-20,25H,9H2,1-4H3/t16-,17-,18+,19-,20?/m1/s1.